The van der Waals surface area contributed by atoms with Crippen LogP contribution in [0.25, 0.3) is 10.9 Å². The summed E-state index contributed by atoms with van der Waals surface area (Å²) < 4.78 is 0. The standard InChI is InChI=1S/C17H22N2O/c1-12-4-2-6-14(9-8-12)19-17(20)15-7-3-5-13-10-11-18-16(13)15/h3,5,7,10-12,14,18H,2,4,6,8-9H2,1H3,(H,19,20). The van der Waals surface area contributed by atoms with Gasteiger partial charge in [-0.25, -0.2) is 0 Å². The van der Waals surface area contributed by atoms with Gasteiger partial charge in [0.15, 0.2) is 0 Å². The van der Waals surface area contributed by atoms with Gasteiger partial charge in [-0.15, -0.1) is 0 Å². The number of carbonyl (C=O) groups excluding carboxylic acids is 1. The maximum Gasteiger partial charge on any atom is 0.253 e. The van der Waals surface area contributed by atoms with Crippen LogP contribution in [0.5, 0.6) is 0 Å². The fourth-order valence-electron chi connectivity index (χ4n) is 3.17. The number of amides is 1. The van der Waals surface area contributed by atoms with Gasteiger partial charge in [-0.2, -0.15) is 0 Å². The van der Waals surface area contributed by atoms with Crippen LogP contribution in [0.3, 0.4) is 0 Å². The van der Waals surface area contributed by atoms with E-state index in [1.807, 2.05) is 30.5 Å². The molecule has 1 aromatic carbocycles. The molecule has 1 amide bonds. The first kappa shape index (κ1) is 13.2. The van der Waals surface area contributed by atoms with Crippen molar-refractivity contribution >= 4 is 16.8 Å². The van der Waals surface area contributed by atoms with Crippen LogP contribution < -0.4 is 5.32 Å². The highest BCUT2D eigenvalue weighted by Crippen LogP contribution is 2.23. The Labute approximate surface area is 119 Å². The van der Waals surface area contributed by atoms with Gasteiger partial charge in [0.05, 0.1) is 11.1 Å². The first-order valence-electron chi connectivity index (χ1n) is 7.61. The molecule has 2 atom stereocenters. The lowest BCUT2D eigenvalue weighted by Gasteiger charge is -2.16. The van der Waals surface area contributed by atoms with Crippen molar-refractivity contribution in [3.8, 4) is 0 Å². The van der Waals surface area contributed by atoms with Crippen LogP contribution in [0, 0.1) is 5.92 Å². The quantitative estimate of drug-likeness (QED) is 0.799. The summed E-state index contributed by atoms with van der Waals surface area (Å²) >= 11 is 0. The second-order valence-electron chi connectivity index (χ2n) is 6.03. The number of hydrogen-bond donors (Lipinski definition) is 2. The number of H-pyrrole nitrogens is 1. The molecule has 1 fully saturated rings. The van der Waals surface area contributed by atoms with Crippen LogP contribution >= 0.6 is 0 Å². The van der Waals surface area contributed by atoms with Crippen LogP contribution in [-0.4, -0.2) is 16.9 Å². The van der Waals surface area contributed by atoms with Gasteiger partial charge in [-0.3, -0.25) is 4.79 Å². The molecule has 0 aliphatic heterocycles. The fraction of sp³-hybridized carbons (Fsp3) is 0.471. The van der Waals surface area contributed by atoms with Gasteiger partial charge in [-0.05, 0) is 37.3 Å². The van der Waals surface area contributed by atoms with Gasteiger partial charge >= 0.3 is 0 Å². The number of aromatic nitrogens is 1. The minimum absolute atomic E-state index is 0.0533. The van der Waals surface area contributed by atoms with E-state index in [0.717, 1.165) is 35.2 Å². The van der Waals surface area contributed by atoms with E-state index in [4.69, 9.17) is 0 Å². The molecule has 3 heteroatoms. The van der Waals surface area contributed by atoms with Gasteiger partial charge in [0, 0.05) is 17.6 Å². The van der Waals surface area contributed by atoms with Crippen molar-refractivity contribution in [2.45, 2.75) is 45.1 Å². The van der Waals surface area contributed by atoms with Gasteiger partial charge in [0.2, 0.25) is 0 Å². The molecule has 0 spiro atoms. The van der Waals surface area contributed by atoms with Gasteiger partial charge < -0.3 is 10.3 Å². The normalized spacial score (nSPS) is 23.4. The predicted octanol–water partition coefficient (Wildman–Crippen LogP) is 3.87. The highest BCUT2D eigenvalue weighted by Gasteiger charge is 2.19. The van der Waals surface area contributed by atoms with E-state index in [0.29, 0.717) is 6.04 Å². The summed E-state index contributed by atoms with van der Waals surface area (Å²) in [6, 6.07) is 8.20. The Morgan fingerprint density at radius 2 is 2.10 bits per heavy atom. The summed E-state index contributed by atoms with van der Waals surface area (Å²) in [6.07, 6.45) is 7.83. The topological polar surface area (TPSA) is 44.9 Å². The van der Waals surface area contributed by atoms with Crippen molar-refractivity contribution in [3.63, 3.8) is 0 Å². The number of aromatic amines is 1. The van der Waals surface area contributed by atoms with Crippen molar-refractivity contribution in [2.75, 3.05) is 0 Å². The average Bonchev–Trinajstić information content (AvgIpc) is 2.83. The van der Waals surface area contributed by atoms with Crippen LogP contribution in [0.2, 0.25) is 0 Å². The first-order valence-corrected chi connectivity index (χ1v) is 7.61. The maximum absolute atomic E-state index is 12.5. The predicted molar refractivity (Wildman–Crippen MR) is 81.8 cm³/mol. The molecule has 106 valence electrons. The number of hydrogen-bond acceptors (Lipinski definition) is 1. The SMILES string of the molecule is CC1CCCC(NC(=O)c2cccc3cc[nH]c23)CC1. The summed E-state index contributed by atoms with van der Waals surface area (Å²) in [7, 11) is 0. The van der Waals surface area contributed by atoms with E-state index >= 15 is 0 Å². The molecule has 3 rings (SSSR count). The highest BCUT2D eigenvalue weighted by atomic mass is 16.1. The smallest absolute Gasteiger partial charge is 0.253 e. The second-order valence-corrected chi connectivity index (χ2v) is 6.03. The van der Waals surface area contributed by atoms with Gasteiger partial charge in [0.1, 0.15) is 0 Å². The summed E-state index contributed by atoms with van der Waals surface area (Å²) in [6.45, 7) is 2.31. The molecule has 1 aromatic heterocycles. The molecule has 1 heterocycles. The Kier molecular flexibility index (Phi) is 3.77. The Morgan fingerprint density at radius 1 is 1.20 bits per heavy atom. The molecule has 1 aliphatic rings. The average molecular weight is 270 g/mol. The summed E-state index contributed by atoms with van der Waals surface area (Å²) in [5.41, 5.74) is 1.69. The number of nitrogens with one attached hydrogen (secondary N) is 2. The molecule has 1 saturated carbocycles. The van der Waals surface area contributed by atoms with Crippen molar-refractivity contribution in [2.24, 2.45) is 5.92 Å². The van der Waals surface area contributed by atoms with E-state index < -0.39 is 0 Å². The number of benzene rings is 1. The molecule has 2 unspecified atom stereocenters. The molecule has 2 aromatic rings. The van der Waals surface area contributed by atoms with E-state index in [9.17, 15) is 4.79 Å². The fourth-order valence-corrected chi connectivity index (χ4v) is 3.17. The van der Waals surface area contributed by atoms with E-state index in [-0.39, 0.29) is 5.91 Å². The van der Waals surface area contributed by atoms with E-state index in [1.54, 1.807) is 0 Å². The largest absolute Gasteiger partial charge is 0.361 e. The zero-order valence-electron chi connectivity index (χ0n) is 12.0. The Bertz CT molecular complexity index is 602. The molecule has 1 aliphatic carbocycles. The molecule has 0 saturated heterocycles. The number of carbonyl (C=O) groups is 1. The Morgan fingerprint density at radius 3 is 3.00 bits per heavy atom. The third-order valence-corrected chi connectivity index (χ3v) is 4.42. The maximum atomic E-state index is 12.5. The van der Waals surface area contributed by atoms with Crippen LogP contribution in [-0.2, 0) is 0 Å². The lowest BCUT2D eigenvalue weighted by Crippen LogP contribution is -2.34. The number of para-hydroxylation sites is 1. The molecular formula is C17H22N2O. The molecule has 0 radical (unpaired) electrons. The first-order chi connectivity index (χ1) is 9.74. The van der Waals surface area contributed by atoms with E-state index in [2.05, 4.69) is 17.2 Å². The summed E-state index contributed by atoms with van der Waals surface area (Å²) in [4.78, 5) is 15.7. The van der Waals surface area contributed by atoms with Crippen LogP contribution in [0.15, 0.2) is 30.5 Å². The molecular weight excluding hydrogens is 248 g/mol. The molecule has 0 bridgehead atoms. The lowest BCUT2D eigenvalue weighted by atomic mass is 10.0. The van der Waals surface area contributed by atoms with Crippen LogP contribution in [0.4, 0.5) is 0 Å². The van der Waals surface area contributed by atoms with Crippen molar-refractivity contribution in [1.29, 1.82) is 0 Å². The monoisotopic (exact) mass is 270 g/mol. The number of fused-ring (bicyclic) bond motifs is 1. The molecule has 2 N–H and O–H groups in total. The van der Waals surface area contributed by atoms with Crippen molar-refractivity contribution < 1.29 is 4.79 Å². The summed E-state index contributed by atoms with van der Waals surface area (Å²) in [5, 5.41) is 4.31. The minimum atomic E-state index is 0.0533. The third kappa shape index (κ3) is 2.72. The zero-order chi connectivity index (χ0) is 13.9. The number of rotatable bonds is 2. The van der Waals surface area contributed by atoms with Crippen molar-refractivity contribution in [3.05, 3.63) is 36.0 Å². The molecule has 3 nitrogen and oxygen atoms in total. The highest BCUT2D eigenvalue weighted by molar-refractivity contribution is 6.05. The zero-order valence-corrected chi connectivity index (χ0v) is 12.0. The molecule has 20 heavy (non-hydrogen) atoms. The van der Waals surface area contributed by atoms with Gasteiger partial charge in [0.25, 0.3) is 5.91 Å². The van der Waals surface area contributed by atoms with Crippen LogP contribution in [0.1, 0.15) is 49.4 Å². The van der Waals surface area contributed by atoms with E-state index in [1.165, 1.54) is 19.3 Å². The lowest BCUT2D eigenvalue weighted by molar-refractivity contribution is 0.0934. The third-order valence-electron chi connectivity index (χ3n) is 4.42. The van der Waals surface area contributed by atoms with Crippen molar-refractivity contribution in [1.82, 2.24) is 10.3 Å². The Hall–Kier alpha value is -1.77. The summed E-state index contributed by atoms with van der Waals surface area (Å²) in [5.74, 6) is 0.848. The van der Waals surface area contributed by atoms with Gasteiger partial charge in [-0.1, -0.05) is 31.9 Å². The minimum Gasteiger partial charge on any atom is -0.361 e. The Balaban J connectivity index is 1.74. The second kappa shape index (κ2) is 5.70.